The lowest BCUT2D eigenvalue weighted by molar-refractivity contribution is -0.151. The number of hydrogen-bond donors (Lipinski definition) is 0. The highest BCUT2D eigenvalue weighted by Gasteiger charge is 2.28. The van der Waals surface area contributed by atoms with Crippen molar-refractivity contribution in [2.45, 2.75) is 54.1 Å². The van der Waals surface area contributed by atoms with E-state index in [1.165, 1.54) is 6.92 Å². The first-order valence-corrected chi connectivity index (χ1v) is 6.01. The first-order chi connectivity index (χ1) is 7.93. The Morgan fingerprint density at radius 1 is 1.06 bits per heavy atom. The fourth-order valence-corrected chi connectivity index (χ4v) is 1.27. The van der Waals surface area contributed by atoms with Gasteiger partial charge in [-0.05, 0) is 32.3 Å². The molecule has 0 aliphatic carbocycles. The van der Waals surface area contributed by atoms with Gasteiger partial charge >= 0.3 is 11.9 Å². The first kappa shape index (κ1) is 16.7. The van der Waals surface area contributed by atoms with Gasteiger partial charge in [-0.2, -0.15) is 0 Å². The summed E-state index contributed by atoms with van der Waals surface area (Å²) in [5, 5.41) is 0. The minimum Gasteiger partial charge on any atom is -0.462 e. The second-order valence-corrected chi connectivity index (χ2v) is 6.17. The monoisotopic (exact) mass is 256 g/mol. The highest BCUT2D eigenvalue weighted by Crippen LogP contribution is 2.27. The van der Waals surface area contributed by atoms with Crippen LogP contribution in [0, 0.1) is 5.41 Å². The van der Waals surface area contributed by atoms with Crippen molar-refractivity contribution in [1.82, 2.24) is 0 Å². The van der Waals surface area contributed by atoms with E-state index in [0.29, 0.717) is 5.57 Å². The molecule has 0 aromatic carbocycles. The molecule has 0 atom stereocenters. The predicted octanol–water partition coefficient (Wildman–Crippen LogP) is 2.86. The molecule has 0 bridgehead atoms. The Labute approximate surface area is 109 Å². The summed E-state index contributed by atoms with van der Waals surface area (Å²) in [6.07, 6.45) is 1.61. The Hall–Kier alpha value is -1.32. The third kappa shape index (κ3) is 7.09. The molecule has 0 aliphatic heterocycles. The van der Waals surface area contributed by atoms with Crippen molar-refractivity contribution in [2.24, 2.45) is 5.41 Å². The van der Waals surface area contributed by atoms with E-state index in [-0.39, 0.29) is 24.0 Å². The number of esters is 2. The Bertz CT molecular complexity index is 340. The summed E-state index contributed by atoms with van der Waals surface area (Å²) in [6, 6.07) is 0. The molecule has 0 rings (SSSR count). The van der Waals surface area contributed by atoms with Gasteiger partial charge in [0.05, 0.1) is 0 Å². The molecule has 0 amide bonds. The summed E-state index contributed by atoms with van der Waals surface area (Å²) >= 11 is 0. The van der Waals surface area contributed by atoms with Crippen molar-refractivity contribution in [3.63, 3.8) is 0 Å². The molecule has 0 fully saturated rings. The van der Waals surface area contributed by atoms with Gasteiger partial charge in [0.1, 0.15) is 12.2 Å². The third-order valence-corrected chi connectivity index (χ3v) is 2.00. The molecule has 0 saturated carbocycles. The van der Waals surface area contributed by atoms with Gasteiger partial charge in [0, 0.05) is 12.5 Å². The quantitative estimate of drug-likeness (QED) is 0.575. The molecular formula is C14H24O4. The summed E-state index contributed by atoms with van der Waals surface area (Å²) in [5.74, 6) is -0.745. The van der Waals surface area contributed by atoms with E-state index in [9.17, 15) is 9.59 Å². The fraction of sp³-hybridized carbons (Fsp3) is 0.714. The maximum Gasteiger partial charge on any atom is 0.334 e. The van der Waals surface area contributed by atoms with Gasteiger partial charge < -0.3 is 9.47 Å². The number of rotatable bonds is 3. The van der Waals surface area contributed by atoms with E-state index < -0.39 is 5.60 Å². The topological polar surface area (TPSA) is 52.6 Å². The number of carbonyl (C=O) groups is 2. The first-order valence-electron chi connectivity index (χ1n) is 6.01. The largest absolute Gasteiger partial charge is 0.462 e. The molecule has 0 unspecified atom stereocenters. The Morgan fingerprint density at radius 2 is 1.56 bits per heavy atom. The average Bonchev–Trinajstić information content (AvgIpc) is 2.06. The van der Waals surface area contributed by atoms with E-state index in [2.05, 4.69) is 0 Å². The van der Waals surface area contributed by atoms with Crippen LogP contribution in [0.15, 0.2) is 11.6 Å². The molecule has 0 aromatic heterocycles. The molecule has 0 saturated heterocycles. The zero-order valence-corrected chi connectivity index (χ0v) is 12.4. The smallest absolute Gasteiger partial charge is 0.334 e. The predicted molar refractivity (Wildman–Crippen MR) is 70.0 cm³/mol. The maximum absolute atomic E-state index is 12.1. The highest BCUT2D eigenvalue weighted by molar-refractivity contribution is 5.90. The summed E-state index contributed by atoms with van der Waals surface area (Å²) in [5.41, 5.74) is -0.385. The van der Waals surface area contributed by atoms with Crippen molar-refractivity contribution in [3.05, 3.63) is 11.6 Å². The van der Waals surface area contributed by atoms with E-state index >= 15 is 0 Å². The molecule has 0 heterocycles. The van der Waals surface area contributed by atoms with Crippen LogP contribution >= 0.6 is 0 Å². The number of hydrogen-bond acceptors (Lipinski definition) is 4. The summed E-state index contributed by atoms with van der Waals surface area (Å²) < 4.78 is 10.2. The molecule has 0 radical (unpaired) electrons. The average molecular weight is 256 g/mol. The summed E-state index contributed by atoms with van der Waals surface area (Å²) in [4.78, 5) is 22.8. The lowest BCUT2D eigenvalue weighted by Gasteiger charge is -2.26. The molecule has 4 nitrogen and oxygen atoms in total. The van der Waals surface area contributed by atoms with Gasteiger partial charge in [0.15, 0.2) is 0 Å². The van der Waals surface area contributed by atoms with Gasteiger partial charge in [-0.1, -0.05) is 20.8 Å². The molecule has 0 aromatic rings. The second kappa shape index (κ2) is 6.03. The Balaban J connectivity index is 4.91. The summed E-state index contributed by atoms with van der Waals surface area (Å²) in [6.45, 7) is 12.6. The van der Waals surface area contributed by atoms with Gasteiger partial charge in [0.2, 0.25) is 0 Å². The van der Waals surface area contributed by atoms with Crippen molar-refractivity contribution < 1.29 is 19.1 Å². The van der Waals surface area contributed by atoms with Crippen LogP contribution in [0.1, 0.15) is 48.5 Å². The van der Waals surface area contributed by atoms with Crippen molar-refractivity contribution in [2.75, 3.05) is 6.61 Å². The van der Waals surface area contributed by atoms with Gasteiger partial charge in [-0.25, -0.2) is 4.79 Å². The van der Waals surface area contributed by atoms with Crippen molar-refractivity contribution in [3.8, 4) is 0 Å². The highest BCUT2D eigenvalue weighted by atomic mass is 16.6. The SMILES string of the molecule is CC(=O)OC/C=C(/C(=O)OC(C)(C)C)C(C)(C)C. The van der Waals surface area contributed by atoms with Gasteiger partial charge in [-0.3, -0.25) is 4.79 Å². The van der Waals surface area contributed by atoms with Crippen LogP contribution in [0.5, 0.6) is 0 Å². The Kier molecular flexibility index (Phi) is 5.58. The van der Waals surface area contributed by atoms with Crippen molar-refractivity contribution in [1.29, 1.82) is 0 Å². The van der Waals surface area contributed by atoms with E-state index in [1.54, 1.807) is 6.08 Å². The van der Waals surface area contributed by atoms with Crippen LogP contribution in [0.25, 0.3) is 0 Å². The van der Waals surface area contributed by atoms with Crippen molar-refractivity contribution >= 4 is 11.9 Å². The van der Waals surface area contributed by atoms with Crippen LogP contribution in [0.4, 0.5) is 0 Å². The minimum atomic E-state index is -0.539. The zero-order chi connectivity index (χ0) is 14.6. The van der Waals surface area contributed by atoms with E-state index in [1.807, 2.05) is 41.5 Å². The van der Waals surface area contributed by atoms with Crippen LogP contribution in [0.3, 0.4) is 0 Å². The zero-order valence-electron chi connectivity index (χ0n) is 12.4. The molecule has 0 aliphatic rings. The minimum absolute atomic E-state index is 0.0845. The standard InChI is InChI=1S/C14H24O4/c1-10(15)17-9-8-11(13(2,3)4)12(16)18-14(5,6)7/h8H,9H2,1-7H3/b11-8-. The maximum atomic E-state index is 12.1. The van der Waals surface area contributed by atoms with E-state index in [0.717, 1.165) is 0 Å². The molecule has 18 heavy (non-hydrogen) atoms. The Morgan fingerprint density at radius 3 is 1.89 bits per heavy atom. The fourth-order valence-electron chi connectivity index (χ4n) is 1.27. The van der Waals surface area contributed by atoms with Crippen LogP contribution < -0.4 is 0 Å². The van der Waals surface area contributed by atoms with E-state index in [4.69, 9.17) is 9.47 Å². The van der Waals surface area contributed by atoms with Gasteiger partial charge in [-0.15, -0.1) is 0 Å². The second-order valence-electron chi connectivity index (χ2n) is 6.17. The molecule has 104 valence electrons. The number of ether oxygens (including phenoxy) is 2. The molecule has 0 spiro atoms. The normalized spacial score (nSPS) is 13.2. The third-order valence-electron chi connectivity index (χ3n) is 2.00. The van der Waals surface area contributed by atoms with Gasteiger partial charge in [0.25, 0.3) is 0 Å². The molecular weight excluding hydrogens is 232 g/mol. The number of carbonyl (C=O) groups excluding carboxylic acids is 2. The van der Waals surface area contributed by atoms with Crippen LogP contribution in [-0.4, -0.2) is 24.1 Å². The lowest BCUT2D eigenvalue weighted by atomic mass is 9.86. The molecule has 0 N–H and O–H groups in total. The summed E-state index contributed by atoms with van der Waals surface area (Å²) in [7, 11) is 0. The van der Waals surface area contributed by atoms with Crippen LogP contribution in [0.2, 0.25) is 0 Å². The van der Waals surface area contributed by atoms with Crippen LogP contribution in [-0.2, 0) is 19.1 Å². The lowest BCUT2D eigenvalue weighted by Crippen LogP contribution is -2.29. The molecule has 4 heteroatoms.